The monoisotopic (exact) mass is 240 g/mol. The molecule has 4 nitrogen and oxygen atoms in total. The largest absolute Gasteiger partial charge is 0.369 e. The average molecular weight is 240 g/mol. The summed E-state index contributed by atoms with van der Waals surface area (Å²) in [5.41, 5.74) is 0. The van der Waals surface area contributed by atoms with Gasteiger partial charge in [0.15, 0.2) is 0 Å². The number of ether oxygens (including phenoxy) is 1. The molecule has 0 aromatic carbocycles. The fourth-order valence-corrected chi connectivity index (χ4v) is 2.80. The van der Waals surface area contributed by atoms with E-state index >= 15 is 0 Å². The van der Waals surface area contributed by atoms with E-state index in [1.807, 2.05) is 18.7 Å². The molecule has 17 heavy (non-hydrogen) atoms. The van der Waals surface area contributed by atoms with Crippen LogP contribution in [-0.4, -0.2) is 49.7 Å². The molecule has 0 spiro atoms. The van der Waals surface area contributed by atoms with Crippen molar-refractivity contribution >= 4 is 5.91 Å². The van der Waals surface area contributed by atoms with E-state index < -0.39 is 0 Å². The quantitative estimate of drug-likeness (QED) is 0.796. The van der Waals surface area contributed by atoms with E-state index in [0.717, 1.165) is 50.9 Å². The minimum Gasteiger partial charge on any atom is -0.369 e. The number of carbonyl (C=O) groups is 1. The molecule has 0 unspecified atom stereocenters. The van der Waals surface area contributed by atoms with Crippen LogP contribution in [0.15, 0.2) is 0 Å². The summed E-state index contributed by atoms with van der Waals surface area (Å²) in [6.07, 6.45) is 2.42. The number of hydrogen-bond acceptors (Lipinski definition) is 3. The fourth-order valence-electron chi connectivity index (χ4n) is 2.80. The highest BCUT2D eigenvalue weighted by atomic mass is 16.5. The average Bonchev–Trinajstić information content (AvgIpc) is 2.65. The Labute approximate surface area is 104 Å². The van der Waals surface area contributed by atoms with Gasteiger partial charge in [-0.2, -0.15) is 0 Å². The van der Waals surface area contributed by atoms with Gasteiger partial charge in [-0.25, -0.2) is 0 Å². The predicted octanol–water partition coefficient (Wildman–Crippen LogP) is 0.869. The maximum atomic E-state index is 12.0. The summed E-state index contributed by atoms with van der Waals surface area (Å²) in [5.74, 6) is 1.71. The smallest absolute Gasteiger partial charge is 0.248 e. The SMILES string of the molecule is CC(C)OCC(=O)N1CC[C@@H]2CNC[C@@H]2CC1. The Morgan fingerprint density at radius 2 is 1.88 bits per heavy atom. The van der Waals surface area contributed by atoms with Crippen LogP contribution in [0.4, 0.5) is 0 Å². The van der Waals surface area contributed by atoms with Gasteiger partial charge in [-0.1, -0.05) is 0 Å². The van der Waals surface area contributed by atoms with Crippen LogP contribution in [0.2, 0.25) is 0 Å². The fraction of sp³-hybridized carbons (Fsp3) is 0.923. The van der Waals surface area contributed by atoms with E-state index in [2.05, 4.69) is 5.32 Å². The number of rotatable bonds is 3. The molecule has 0 aromatic heterocycles. The van der Waals surface area contributed by atoms with Gasteiger partial charge in [0.05, 0.1) is 6.10 Å². The van der Waals surface area contributed by atoms with Gasteiger partial charge in [0.2, 0.25) is 5.91 Å². The molecule has 2 aliphatic rings. The molecule has 2 rings (SSSR count). The first-order valence-corrected chi connectivity index (χ1v) is 6.77. The van der Waals surface area contributed by atoms with Gasteiger partial charge in [-0.15, -0.1) is 0 Å². The highest BCUT2D eigenvalue weighted by Gasteiger charge is 2.31. The van der Waals surface area contributed by atoms with Crippen LogP contribution >= 0.6 is 0 Å². The van der Waals surface area contributed by atoms with Crippen molar-refractivity contribution in [3.05, 3.63) is 0 Å². The molecule has 0 aromatic rings. The molecule has 98 valence electrons. The van der Waals surface area contributed by atoms with Crippen LogP contribution < -0.4 is 5.32 Å². The van der Waals surface area contributed by atoms with Crippen molar-refractivity contribution in [3.63, 3.8) is 0 Å². The summed E-state index contributed by atoms with van der Waals surface area (Å²) in [6, 6.07) is 0. The predicted molar refractivity (Wildman–Crippen MR) is 66.8 cm³/mol. The molecule has 2 fully saturated rings. The third-order valence-corrected chi connectivity index (χ3v) is 3.91. The lowest BCUT2D eigenvalue weighted by Crippen LogP contribution is -2.36. The summed E-state index contributed by atoms with van der Waals surface area (Å²) in [4.78, 5) is 13.9. The van der Waals surface area contributed by atoms with Gasteiger partial charge in [0, 0.05) is 13.1 Å². The van der Waals surface area contributed by atoms with Gasteiger partial charge in [0.1, 0.15) is 6.61 Å². The number of likely N-dealkylation sites (tertiary alicyclic amines) is 1. The molecule has 1 N–H and O–H groups in total. The molecule has 0 radical (unpaired) electrons. The van der Waals surface area contributed by atoms with Gasteiger partial charge >= 0.3 is 0 Å². The van der Waals surface area contributed by atoms with Crippen molar-refractivity contribution in [1.82, 2.24) is 10.2 Å². The normalized spacial score (nSPS) is 29.2. The van der Waals surface area contributed by atoms with E-state index in [1.54, 1.807) is 0 Å². The molecule has 1 amide bonds. The zero-order valence-corrected chi connectivity index (χ0v) is 10.9. The summed E-state index contributed by atoms with van der Waals surface area (Å²) < 4.78 is 5.39. The molecule has 2 aliphatic heterocycles. The summed E-state index contributed by atoms with van der Waals surface area (Å²) in [6.45, 7) is 8.25. The molecule has 0 aliphatic carbocycles. The van der Waals surface area contributed by atoms with E-state index in [0.29, 0.717) is 0 Å². The molecule has 0 saturated carbocycles. The molecular formula is C13H24N2O2. The number of amides is 1. The van der Waals surface area contributed by atoms with Gasteiger partial charge in [0.25, 0.3) is 0 Å². The molecule has 2 atom stereocenters. The third-order valence-electron chi connectivity index (χ3n) is 3.91. The Hall–Kier alpha value is -0.610. The Kier molecular flexibility index (Phi) is 4.40. The second-order valence-electron chi connectivity index (χ2n) is 5.50. The van der Waals surface area contributed by atoms with Crippen molar-refractivity contribution < 1.29 is 9.53 Å². The third kappa shape index (κ3) is 3.42. The number of fused-ring (bicyclic) bond motifs is 1. The summed E-state index contributed by atoms with van der Waals surface area (Å²) in [7, 11) is 0. The number of carbonyl (C=O) groups excluding carboxylic acids is 1. The highest BCUT2D eigenvalue weighted by molar-refractivity contribution is 5.77. The van der Waals surface area contributed by atoms with E-state index in [9.17, 15) is 4.79 Å². The molecule has 4 heteroatoms. The van der Waals surface area contributed by atoms with Crippen LogP contribution in [0.3, 0.4) is 0 Å². The Bertz CT molecular complexity index is 254. The Morgan fingerprint density at radius 1 is 1.29 bits per heavy atom. The van der Waals surface area contributed by atoms with Crippen molar-refractivity contribution in [2.24, 2.45) is 11.8 Å². The number of hydrogen-bond donors (Lipinski definition) is 1. The maximum Gasteiger partial charge on any atom is 0.248 e. The summed E-state index contributed by atoms with van der Waals surface area (Å²) in [5, 5.41) is 3.45. The molecule has 0 bridgehead atoms. The lowest BCUT2D eigenvalue weighted by atomic mass is 9.92. The van der Waals surface area contributed by atoms with Crippen LogP contribution in [0.25, 0.3) is 0 Å². The highest BCUT2D eigenvalue weighted by Crippen LogP contribution is 2.27. The zero-order valence-electron chi connectivity index (χ0n) is 10.9. The van der Waals surface area contributed by atoms with Crippen LogP contribution in [0.1, 0.15) is 26.7 Å². The van der Waals surface area contributed by atoms with E-state index in [-0.39, 0.29) is 18.6 Å². The second-order valence-corrected chi connectivity index (χ2v) is 5.50. The Morgan fingerprint density at radius 3 is 2.41 bits per heavy atom. The van der Waals surface area contributed by atoms with Gasteiger partial charge in [-0.05, 0) is 51.6 Å². The number of nitrogens with one attached hydrogen (secondary N) is 1. The van der Waals surface area contributed by atoms with E-state index in [4.69, 9.17) is 4.74 Å². The molecule has 2 heterocycles. The Balaban J connectivity index is 1.80. The van der Waals surface area contributed by atoms with Crippen molar-refractivity contribution in [3.8, 4) is 0 Å². The second kappa shape index (κ2) is 5.83. The van der Waals surface area contributed by atoms with E-state index in [1.165, 1.54) is 0 Å². The first kappa shape index (κ1) is 12.8. The minimum absolute atomic E-state index is 0.134. The first-order chi connectivity index (χ1) is 8.16. The lowest BCUT2D eigenvalue weighted by molar-refractivity contribution is -0.137. The van der Waals surface area contributed by atoms with Crippen molar-refractivity contribution in [2.75, 3.05) is 32.8 Å². The van der Waals surface area contributed by atoms with Crippen LogP contribution in [0.5, 0.6) is 0 Å². The van der Waals surface area contributed by atoms with Crippen molar-refractivity contribution in [1.29, 1.82) is 0 Å². The topological polar surface area (TPSA) is 41.6 Å². The van der Waals surface area contributed by atoms with Crippen LogP contribution in [0, 0.1) is 11.8 Å². The minimum atomic E-state index is 0.134. The van der Waals surface area contributed by atoms with Crippen LogP contribution in [-0.2, 0) is 9.53 Å². The first-order valence-electron chi connectivity index (χ1n) is 6.77. The molecule has 2 saturated heterocycles. The van der Waals surface area contributed by atoms with Gasteiger partial charge < -0.3 is 15.0 Å². The number of nitrogens with zero attached hydrogens (tertiary/aromatic N) is 1. The standard InChI is InChI=1S/C13H24N2O2/c1-10(2)17-9-13(16)15-5-3-11-7-14-8-12(11)4-6-15/h10-12,14H,3-9H2,1-2H3/t11-,12+. The summed E-state index contributed by atoms with van der Waals surface area (Å²) >= 11 is 0. The lowest BCUT2D eigenvalue weighted by Gasteiger charge is -2.21. The molecular weight excluding hydrogens is 216 g/mol. The zero-order chi connectivity index (χ0) is 12.3. The van der Waals surface area contributed by atoms with Gasteiger partial charge in [-0.3, -0.25) is 4.79 Å². The van der Waals surface area contributed by atoms with Crippen molar-refractivity contribution in [2.45, 2.75) is 32.8 Å². The maximum absolute atomic E-state index is 12.0.